The molecule has 150 valence electrons. The molecule has 0 fully saturated rings. The number of hydrogen-bond donors (Lipinski definition) is 0. The third kappa shape index (κ3) is 4.05. The van der Waals surface area contributed by atoms with E-state index in [2.05, 4.69) is 0 Å². The van der Waals surface area contributed by atoms with Gasteiger partial charge in [0, 0.05) is 0 Å². The van der Waals surface area contributed by atoms with Gasteiger partial charge in [0.2, 0.25) is 0 Å². The van der Waals surface area contributed by atoms with Crippen LogP contribution in [0.2, 0.25) is 0 Å². The second-order valence-electron chi connectivity index (χ2n) is 6.39. The number of rotatable bonds is 7. The van der Waals surface area contributed by atoms with Crippen molar-refractivity contribution in [3.8, 4) is 0 Å². The van der Waals surface area contributed by atoms with Crippen molar-refractivity contribution in [3.05, 3.63) is 91.0 Å². The quantitative estimate of drug-likeness (QED) is 0.512. The molecule has 0 bridgehead atoms. The van der Waals surface area contributed by atoms with Gasteiger partial charge in [-0.3, -0.25) is 9.59 Å². The van der Waals surface area contributed by atoms with Crippen LogP contribution < -0.4 is 0 Å². The summed E-state index contributed by atoms with van der Waals surface area (Å²) in [5.74, 6) is -0.873. The van der Waals surface area contributed by atoms with E-state index in [0.29, 0.717) is 0 Å². The van der Waals surface area contributed by atoms with Gasteiger partial charge in [0.15, 0.2) is 0 Å². The van der Waals surface area contributed by atoms with Crippen LogP contribution in [-0.4, -0.2) is 31.4 Å². The molecule has 0 heterocycles. The molecule has 4 nitrogen and oxygen atoms in total. The van der Waals surface area contributed by atoms with E-state index in [0.717, 1.165) is 14.7 Å². The number of ether oxygens (including phenoxy) is 2. The number of benzene rings is 3. The summed E-state index contributed by atoms with van der Waals surface area (Å²) in [7, 11) is 0.528. The zero-order valence-corrected chi connectivity index (χ0v) is 17.3. The summed E-state index contributed by atoms with van der Waals surface area (Å²) in [4.78, 5) is 28.4. The Labute approximate surface area is 172 Å². The van der Waals surface area contributed by atoms with E-state index in [4.69, 9.17) is 9.47 Å². The first kappa shape index (κ1) is 20.7. The Morgan fingerprint density at radius 1 is 0.690 bits per heavy atom. The molecule has 3 aromatic carbocycles. The molecule has 0 aliphatic heterocycles. The van der Waals surface area contributed by atoms with E-state index in [9.17, 15) is 9.59 Å². The van der Waals surface area contributed by atoms with E-state index in [1.54, 1.807) is 0 Å². The van der Waals surface area contributed by atoms with Gasteiger partial charge in [-0.2, -0.15) is 0 Å². The second-order valence-corrected chi connectivity index (χ2v) is 9.69. The van der Waals surface area contributed by atoms with Gasteiger partial charge in [-0.05, 0) is 51.1 Å². The number of esters is 2. The maximum absolute atomic E-state index is 13.1. The van der Waals surface area contributed by atoms with E-state index >= 15 is 0 Å². The number of hydrogen-bond acceptors (Lipinski definition) is 4. The van der Waals surface area contributed by atoms with Crippen molar-refractivity contribution in [1.82, 2.24) is 0 Å². The number of carbonyl (C=O) groups is 2. The van der Waals surface area contributed by atoms with Gasteiger partial charge >= 0.3 is 11.9 Å². The standard InChI is InChI=1S/C24H24O4S/c1-27-23(25)18-22(24(26)28-2)29(19-12-6-3-7-13-19,20-14-8-4-9-15-20)21-16-10-5-11-17-21/h3-17,22H,18H2,1-2H3. The minimum atomic E-state index is -2.17. The summed E-state index contributed by atoms with van der Waals surface area (Å²) < 4.78 is 10.1. The lowest BCUT2D eigenvalue weighted by molar-refractivity contribution is -0.146. The Bertz CT molecular complexity index is 846. The third-order valence-corrected chi connectivity index (χ3v) is 9.08. The molecule has 0 amide bonds. The largest absolute Gasteiger partial charge is 0.469 e. The number of methoxy groups -OCH3 is 2. The van der Waals surface area contributed by atoms with Gasteiger partial charge in [0.05, 0.1) is 20.6 Å². The Hall–Kier alpha value is -3.05. The summed E-state index contributed by atoms with van der Waals surface area (Å²) in [6.45, 7) is 0. The molecule has 0 N–H and O–H groups in total. The Kier molecular flexibility index (Phi) is 6.73. The van der Waals surface area contributed by atoms with Crippen molar-refractivity contribution in [2.24, 2.45) is 0 Å². The first-order chi connectivity index (χ1) is 14.1. The van der Waals surface area contributed by atoms with Crippen molar-refractivity contribution in [2.45, 2.75) is 26.4 Å². The van der Waals surface area contributed by atoms with Gasteiger partial charge in [0.25, 0.3) is 0 Å². The zero-order valence-electron chi connectivity index (χ0n) is 16.5. The molecule has 0 saturated carbocycles. The molecule has 3 rings (SSSR count). The van der Waals surface area contributed by atoms with E-state index < -0.39 is 27.2 Å². The van der Waals surface area contributed by atoms with Crippen LogP contribution in [0.5, 0.6) is 0 Å². The summed E-state index contributed by atoms with van der Waals surface area (Å²) >= 11 is 0. The predicted octanol–water partition coefficient (Wildman–Crippen LogP) is 5.07. The molecular formula is C24H24O4S. The highest BCUT2D eigenvalue weighted by atomic mass is 32.3. The molecular weight excluding hydrogens is 384 g/mol. The summed E-state index contributed by atoms with van der Waals surface area (Å²) in [6, 6.07) is 29.6. The van der Waals surface area contributed by atoms with Crippen molar-refractivity contribution in [2.75, 3.05) is 14.2 Å². The molecule has 0 aliphatic rings. The highest BCUT2D eigenvalue weighted by Crippen LogP contribution is 2.72. The molecule has 5 heteroatoms. The second kappa shape index (κ2) is 9.43. The lowest BCUT2D eigenvalue weighted by Crippen LogP contribution is -2.32. The molecule has 1 unspecified atom stereocenters. The average Bonchev–Trinajstić information content (AvgIpc) is 2.80. The van der Waals surface area contributed by atoms with Crippen LogP contribution in [-0.2, 0) is 19.1 Å². The maximum Gasteiger partial charge on any atom is 0.318 e. The third-order valence-electron chi connectivity index (χ3n) is 4.82. The van der Waals surface area contributed by atoms with Crippen molar-refractivity contribution >= 4 is 22.0 Å². The highest BCUT2D eigenvalue weighted by Gasteiger charge is 2.44. The smallest absolute Gasteiger partial charge is 0.318 e. The van der Waals surface area contributed by atoms with Crippen LogP contribution in [0.4, 0.5) is 0 Å². The van der Waals surface area contributed by atoms with Crippen LogP contribution in [0.1, 0.15) is 6.42 Å². The Balaban J connectivity index is 2.40. The highest BCUT2D eigenvalue weighted by molar-refractivity contribution is 8.34. The summed E-state index contributed by atoms with van der Waals surface area (Å²) in [5, 5.41) is -0.729. The van der Waals surface area contributed by atoms with Crippen LogP contribution in [0, 0.1) is 0 Å². The SMILES string of the molecule is COC(=O)CC(C(=O)OC)S(c1ccccc1)(c1ccccc1)c1ccccc1. The minimum absolute atomic E-state index is 0.0722. The lowest BCUT2D eigenvalue weighted by Gasteiger charge is -2.46. The molecule has 3 aromatic rings. The minimum Gasteiger partial charge on any atom is -0.469 e. The molecule has 0 radical (unpaired) electrons. The molecule has 29 heavy (non-hydrogen) atoms. The van der Waals surface area contributed by atoms with Gasteiger partial charge in [-0.15, -0.1) is 10.0 Å². The molecule has 1 atom stereocenters. The number of carbonyl (C=O) groups excluding carboxylic acids is 2. The Morgan fingerprint density at radius 3 is 1.38 bits per heavy atom. The summed E-state index contributed by atoms with van der Waals surface area (Å²) in [5.41, 5.74) is 0. The fourth-order valence-corrected chi connectivity index (χ4v) is 7.86. The van der Waals surface area contributed by atoms with Crippen LogP contribution in [0.25, 0.3) is 0 Å². The predicted molar refractivity (Wildman–Crippen MR) is 114 cm³/mol. The molecule has 0 aromatic heterocycles. The fourth-order valence-electron chi connectivity index (χ4n) is 3.53. The van der Waals surface area contributed by atoms with Crippen LogP contribution in [0.15, 0.2) is 106 Å². The van der Waals surface area contributed by atoms with Gasteiger partial charge in [-0.1, -0.05) is 54.6 Å². The topological polar surface area (TPSA) is 52.6 Å². The van der Waals surface area contributed by atoms with E-state index in [1.807, 2.05) is 91.0 Å². The van der Waals surface area contributed by atoms with Gasteiger partial charge in [-0.25, -0.2) is 0 Å². The zero-order chi connectivity index (χ0) is 20.7. The fraction of sp³-hybridized carbons (Fsp3) is 0.167. The molecule has 0 spiro atoms. The van der Waals surface area contributed by atoms with Gasteiger partial charge < -0.3 is 9.47 Å². The van der Waals surface area contributed by atoms with E-state index in [1.165, 1.54) is 14.2 Å². The average molecular weight is 409 g/mol. The first-order valence-corrected chi connectivity index (χ1v) is 11.0. The normalized spacial score (nSPS) is 12.6. The molecule has 0 saturated heterocycles. The van der Waals surface area contributed by atoms with Crippen LogP contribution >= 0.6 is 10.0 Å². The van der Waals surface area contributed by atoms with Gasteiger partial charge in [0.1, 0.15) is 5.25 Å². The van der Waals surface area contributed by atoms with Crippen molar-refractivity contribution in [1.29, 1.82) is 0 Å². The van der Waals surface area contributed by atoms with Crippen molar-refractivity contribution in [3.63, 3.8) is 0 Å². The lowest BCUT2D eigenvalue weighted by atomic mass is 10.3. The van der Waals surface area contributed by atoms with Crippen molar-refractivity contribution < 1.29 is 19.1 Å². The maximum atomic E-state index is 13.1. The van der Waals surface area contributed by atoms with E-state index in [-0.39, 0.29) is 6.42 Å². The summed E-state index contributed by atoms with van der Waals surface area (Å²) in [6.07, 6.45) is -0.0722. The molecule has 0 aliphatic carbocycles. The Morgan fingerprint density at radius 2 is 1.07 bits per heavy atom. The monoisotopic (exact) mass is 408 g/mol. The first-order valence-electron chi connectivity index (χ1n) is 9.26. The van der Waals surface area contributed by atoms with Crippen LogP contribution in [0.3, 0.4) is 0 Å².